The molecule has 3 atom stereocenters. The van der Waals surface area contributed by atoms with Crippen LogP contribution in [0.15, 0.2) is 78.9 Å². The summed E-state index contributed by atoms with van der Waals surface area (Å²) < 4.78 is 35.7. The molecule has 0 bridgehead atoms. The SMILES string of the molecule is CCCCCCCCCCCCCCCCCCOC(CC)COC(=O)NCCCCCC(=O)N1C[C@H](OC(=O)CCC(=O)NC)C[C@@H]1COC(c1ccccc1)(c1ccc(OC)cc1)c1ccc(OC)cc1. The molecule has 0 aromatic heterocycles. The number of amides is 3. The Morgan fingerprint density at radius 1 is 0.644 bits per heavy atom. The molecular formula is C60H91N3O10. The molecule has 0 saturated carbocycles. The summed E-state index contributed by atoms with van der Waals surface area (Å²) in [5.41, 5.74) is 1.49. The van der Waals surface area contributed by atoms with Crippen molar-refractivity contribution in [3.8, 4) is 11.5 Å². The largest absolute Gasteiger partial charge is 0.497 e. The normalized spacial score (nSPS) is 14.9. The highest BCUT2D eigenvalue weighted by atomic mass is 16.6. The van der Waals surface area contributed by atoms with E-state index in [0.29, 0.717) is 50.3 Å². The van der Waals surface area contributed by atoms with Crippen LogP contribution >= 0.6 is 0 Å². The summed E-state index contributed by atoms with van der Waals surface area (Å²) in [5.74, 6) is 0.581. The summed E-state index contributed by atoms with van der Waals surface area (Å²) >= 11 is 0. The molecule has 1 aliphatic heterocycles. The topological polar surface area (TPSA) is 151 Å². The van der Waals surface area contributed by atoms with Crippen molar-refractivity contribution in [3.63, 3.8) is 0 Å². The van der Waals surface area contributed by atoms with Gasteiger partial charge in [-0.3, -0.25) is 14.4 Å². The highest BCUT2D eigenvalue weighted by Gasteiger charge is 2.42. The predicted octanol–water partition coefficient (Wildman–Crippen LogP) is 12.4. The molecule has 13 heteroatoms. The van der Waals surface area contributed by atoms with Crippen LogP contribution in [0.1, 0.15) is 185 Å². The predicted molar refractivity (Wildman–Crippen MR) is 289 cm³/mol. The summed E-state index contributed by atoms with van der Waals surface area (Å²) in [4.78, 5) is 53.3. The molecule has 3 aromatic carbocycles. The van der Waals surface area contributed by atoms with Crippen molar-refractivity contribution in [3.05, 3.63) is 95.6 Å². The van der Waals surface area contributed by atoms with E-state index < -0.39 is 29.8 Å². The third-order valence-corrected chi connectivity index (χ3v) is 14.0. The van der Waals surface area contributed by atoms with Gasteiger partial charge in [0.1, 0.15) is 29.8 Å². The molecule has 1 heterocycles. The van der Waals surface area contributed by atoms with Gasteiger partial charge < -0.3 is 44.0 Å². The van der Waals surface area contributed by atoms with Gasteiger partial charge in [0, 0.05) is 39.5 Å². The molecule has 0 aliphatic carbocycles. The third kappa shape index (κ3) is 22.1. The fourth-order valence-corrected chi connectivity index (χ4v) is 9.62. The summed E-state index contributed by atoms with van der Waals surface area (Å²) in [6.45, 7) is 5.97. The van der Waals surface area contributed by atoms with Gasteiger partial charge in [-0.05, 0) is 66.6 Å². The molecule has 1 fully saturated rings. The number of nitrogens with one attached hydrogen (secondary N) is 2. The summed E-state index contributed by atoms with van der Waals surface area (Å²) in [6, 6.07) is 25.1. The van der Waals surface area contributed by atoms with Crippen LogP contribution < -0.4 is 20.1 Å². The monoisotopic (exact) mass is 1010 g/mol. The number of benzene rings is 3. The van der Waals surface area contributed by atoms with Gasteiger partial charge in [-0.25, -0.2) is 4.79 Å². The highest BCUT2D eigenvalue weighted by molar-refractivity contribution is 5.81. The molecule has 1 aliphatic rings. The molecule has 73 heavy (non-hydrogen) atoms. The number of unbranched alkanes of at least 4 members (excludes halogenated alkanes) is 17. The average Bonchev–Trinajstić information content (AvgIpc) is 3.83. The number of alkyl carbamates (subject to hydrolysis) is 1. The molecule has 2 N–H and O–H groups in total. The quantitative estimate of drug-likeness (QED) is 0.0321. The third-order valence-electron chi connectivity index (χ3n) is 14.0. The number of carbonyl (C=O) groups is 4. The number of esters is 1. The molecule has 406 valence electrons. The maximum absolute atomic E-state index is 14.1. The van der Waals surface area contributed by atoms with Crippen molar-refractivity contribution < 1.29 is 47.6 Å². The van der Waals surface area contributed by atoms with Crippen molar-refractivity contribution in [2.75, 3.05) is 54.2 Å². The van der Waals surface area contributed by atoms with E-state index in [1.54, 1.807) is 19.1 Å². The lowest BCUT2D eigenvalue weighted by Crippen LogP contribution is -2.42. The van der Waals surface area contributed by atoms with Crippen LogP contribution in [0.4, 0.5) is 4.79 Å². The lowest BCUT2D eigenvalue weighted by Gasteiger charge is -2.38. The zero-order valence-corrected chi connectivity index (χ0v) is 45.3. The Balaban J connectivity index is 1.22. The summed E-state index contributed by atoms with van der Waals surface area (Å²) in [5, 5.41) is 5.39. The second kappa shape index (κ2) is 35.9. The van der Waals surface area contributed by atoms with Crippen LogP contribution in [0.25, 0.3) is 0 Å². The Morgan fingerprint density at radius 3 is 1.71 bits per heavy atom. The number of hydrogen-bond acceptors (Lipinski definition) is 10. The van der Waals surface area contributed by atoms with E-state index in [2.05, 4.69) is 17.6 Å². The molecule has 0 radical (unpaired) electrons. The molecule has 1 saturated heterocycles. The molecule has 13 nitrogen and oxygen atoms in total. The first-order chi connectivity index (χ1) is 35.7. The van der Waals surface area contributed by atoms with Gasteiger partial charge in [0.15, 0.2) is 0 Å². The van der Waals surface area contributed by atoms with Gasteiger partial charge >= 0.3 is 12.1 Å². The van der Waals surface area contributed by atoms with Crippen molar-refractivity contribution in [2.24, 2.45) is 0 Å². The van der Waals surface area contributed by atoms with Crippen molar-refractivity contribution in [1.82, 2.24) is 15.5 Å². The maximum atomic E-state index is 14.1. The van der Waals surface area contributed by atoms with Gasteiger partial charge in [0.25, 0.3) is 0 Å². The number of nitrogens with zero attached hydrogens (tertiary/aromatic N) is 1. The molecule has 0 spiro atoms. The molecular weight excluding hydrogens is 923 g/mol. The van der Waals surface area contributed by atoms with Crippen LogP contribution in [-0.4, -0.2) is 101 Å². The van der Waals surface area contributed by atoms with Crippen molar-refractivity contribution >= 4 is 23.9 Å². The number of likely N-dealkylation sites (tertiary alicyclic amines) is 1. The Kier molecular flexibility index (Phi) is 29.7. The van der Waals surface area contributed by atoms with Crippen LogP contribution in [0, 0.1) is 0 Å². The summed E-state index contributed by atoms with van der Waals surface area (Å²) in [6.07, 6.45) is 23.5. The van der Waals surface area contributed by atoms with Gasteiger partial charge in [-0.1, -0.05) is 171 Å². The Hall–Kier alpha value is -5.14. The van der Waals surface area contributed by atoms with Crippen LogP contribution in [0.2, 0.25) is 0 Å². The first-order valence-electron chi connectivity index (χ1n) is 27.9. The minimum absolute atomic E-state index is 0.0143. The first kappa shape index (κ1) is 60.4. The smallest absolute Gasteiger partial charge is 0.407 e. The maximum Gasteiger partial charge on any atom is 0.407 e. The molecule has 1 unspecified atom stereocenters. The van der Waals surface area contributed by atoms with E-state index in [1.165, 1.54) is 96.9 Å². The number of hydrogen-bond donors (Lipinski definition) is 2. The fourth-order valence-electron chi connectivity index (χ4n) is 9.62. The van der Waals surface area contributed by atoms with E-state index in [-0.39, 0.29) is 56.9 Å². The standard InChI is InChI=1S/C60H91N3O10/c1-6-8-9-10-11-12-13-14-15-16-17-18-19-20-21-28-43-70-52(7-2)47-71-59(67)62-42-27-23-26-31-57(65)63-45-55(73-58(66)41-40-56(64)61-3)44-51(63)46-72-60(48-29-24-22-25-30-48,49-32-36-53(68-4)37-33-49)50-34-38-54(69-5)39-35-50/h22,24-25,29-30,32-39,51-52,55H,6-21,23,26-28,31,40-47H2,1-5H3,(H,61,64)(H,62,67)/t51-,52?,55-/m1/s1. The number of methoxy groups -OCH3 is 2. The van der Waals surface area contributed by atoms with E-state index in [1.807, 2.05) is 85.8 Å². The lowest BCUT2D eigenvalue weighted by atomic mass is 9.80. The summed E-state index contributed by atoms with van der Waals surface area (Å²) in [7, 11) is 4.78. The van der Waals surface area contributed by atoms with Crippen LogP contribution in [0.5, 0.6) is 11.5 Å². The highest BCUT2D eigenvalue weighted by Crippen LogP contribution is 2.42. The van der Waals surface area contributed by atoms with E-state index in [4.69, 9.17) is 28.4 Å². The van der Waals surface area contributed by atoms with Gasteiger partial charge in [0.2, 0.25) is 11.8 Å². The Bertz CT molecular complexity index is 1920. The fraction of sp³-hybridized carbons (Fsp3) is 0.633. The second-order valence-electron chi connectivity index (χ2n) is 19.6. The number of ether oxygens (including phenoxy) is 6. The van der Waals surface area contributed by atoms with Crippen molar-refractivity contribution in [2.45, 2.75) is 192 Å². The Labute approximate surface area is 438 Å². The minimum atomic E-state index is -1.11. The van der Waals surface area contributed by atoms with E-state index in [0.717, 1.165) is 36.0 Å². The van der Waals surface area contributed by atoms with Crippen LogP contribution in [0.3, 0.4) is 0 Å². The Morgan fingerprint density at radius 2 is 1.18 bits per heavy atom. The molecule has 3 aromatic rings. The number of carbonyl (C=O) groups excluding carboxylic acids is 4. The second-order valence-corrected chi connectivity index (χ2v) is 19.6. The minimum Gasteiger partial charge on any atom is -0.497 e. The average molecular weight is 1010 g/mol. The van der Waals surface area contributed by atoms with E-state index in [9.17, 15) is 19.2 Å². The first-order valence-corrected chi connectivity index (χ1v) is 27.9. The zero-order chi connectivity index (χ0) is 52.4. The van der Waals surface area contributed by atoms with Gasteiger partial charge in [-0.15, -0.1) is 0 Å². The van der Waals surface area contributed by atoms with Gasteiger partial charge in [-0.2, -0.15) is 0 Å². The number of rotatable bonds is 39. The lowest BCUT2D eigenvalue weighted by molar-refractivity contribution is -0.150. The van der Waals surface area contributed by atoms with Crippen LogP contribution in [-0.2, 0) is 38.9 Å². The molecule has 3 amide bonds. The van der Waals surface area contributed by atoms with Gasteiger partial charge in [0.05, 0.1) is 45.9 Å². The molecule has 4 rings (SSSR count). The van der Waals surface area contributed by atoms with E-state index >= 15 is 0 Å². The van der Waals surface area contributed by atoms with Crippen molar-refractivity contribution in [1.29, 1.82) is 0 Å². The zero-order valence-electron chi connectivity index (χ0n) is 45.3.